The average molecular weight is 292 g/mol. The van der Waals surface area contributed by atoms with Crippen LogP contribution in [0.2, 0.25) is 0 Å². The van der Waals surface area contributed by atoms with Gasteiger partial charge in [-0.15, -0.1) is 0 Å². The maximum Gasteiger partial charge on any atom is 0.328 e. The number of hydrogen-bond acceptors (Lipinski definition) is 4. The van der Waals surface area contributed by atoms with Crippen molar-refractivity contribution in [1.29, 1.82) is 0 Å². The summed E-state index contributed by atoms with van der Waals surface area (Å²) in [6.07, 6.45) is 0. The molecular weight excluding hydrogens is 272 g/mol. The molecule has 21 heavy (non-hydrogen) atoms. The second kappa shape index (κ2) is 8.04. The second-order valence-electron chi connectivity index (χ2n) is 4.54. The zero-order valence-corrected chi connectivity index (χ0v) is 12.4. The van der Waals surface area contributed by atoms with Crippen LogP contribution in [-0.2, 0) is 14.3 Å². The van der Waals surface area contributed by atoms with Crippen LogP contribution in [0.4, 0.5) is 0 Å². The van der Waals surface area contributed by atoms with Gasteiger partial charge in [0.2, 0.25) is 5.91 Å². The Balaban J connectivity index is 2.51. The van der Waals surface area contributed by atoms with Gasteiger partial charge in [-0.3, -0.25) is 9.59 Å². The van der Waals surface area contributed by atoms with Gasteiger partial charge in [0.25, 0.3) is 5.91 Å². The van der Waals surface area contributed by atoms with E-state index < -0.39 is 24.0 Å². The Morgan fingerprint density at radius 2 is 1.67 bits per heavy atom. The van der Waals surface area contributed by atoms with E-state index in [0.717, 1.165) is 0 Å². The Morgan fingerprint density at radius 3 is 2.24 bits per heavy atom. The Hall–Kier alpha value is -2.37. The fourth-order valence-corrected chi connectivity index (χ4v) is 1.60. The lowest BCUT2D eigenvalue weighted by Crippen LogP contribution is -2.49. The number of esters is 1. The largest absolute Gasteiger partial charge is 0.464 e. The highest BCUT2D eigenvalue weighted by molar-refractivity contribution is 5.97. The van der Waals surface area contributed by atoms with Gasteiger partial charge in [-0.05, 0) is 32.9 Å². The molecule has 2 N–H and O–H groups in total. The van der Waals surface area contributed by atoms with Crippen molar-refractivity contribution in [3.63, 3.8) is 0 Å². The van der Waals surface area contributed by atoms with Gasteiger partial charge in [0.1, 0.15) is 12.1 Å². The molecule has 0 heterocycles. The first-order chi connectivity index (χ1) is 9.95. The maximum absolute atomic E-state index is 11.9. The number of carbonyl (C=O) groups is 3. The number of benzene rings is 1. The molecule has 1 aromatic rings. The number of nitrogens with one attached hydrogen (secondary N) is 2. The number of rotatable bonds is 6. The summed E-state index contributed by atoms with van der Waals surface area (Å²) in [7, 11) is 0. The molecule has 0 aromatic heterocycles. The van der Waals surface area contributed by atoms with Gasteiger partial charge in [0.05, 0.1) is 6.61 Å². The van der Waals surface area contributed by atoms with Gasteiger partial charge in [-0.25, -0.2) is 4.79 Å². The lowest BCUT2D eigenvalue weighted by molar-refractivity contribution is -0.147. The van der Waals surface area contributed by atoms with Crippen LogP contribution in [0.5, 0.6) is 0 Å². The van der Waals surface area contributed by atoms with Gasteiger partial charge in [-0.1, -0.05) is 18.2 Å². The van der Waals surface area contributed by atoms with Crippen molar-refractivity contribution in [2.24, 2.45) is 0 Å². The van der Waals surface area contributed by atoms with Crippen molar-refractivity contribution >= 4 is 17.8 Å². The Bertz CT molecular complexity index is 502. The molecule has 2 atom stereocenters. The smallest absolute Gasteiger partial charge is 0.328 e. The Kier molecular flexibility index (Phi) is 6.39. The Morgan fingerprint density at radius 1 is 1.05 bits per heavy atom. The summed E-state index contributed by atoms with van der Waals surface area (Å²) >= 11 is 0. The summed E-state index contributed by atoms with van der Waals surface area (Å²) in [5.74, 6) is -1.30. The fourth-order valence-electron chi connectivity index (χ4n) is 1.60. The molecule has 6 nitrogen and oxygen atoms in total. The highest BCUT2D eigenvalue weighted by Crippen LogP contribution is 1.99. The zero-order valence-electron chi connectivity index (χ0n) is 12.4. The highest BCUT2D eigenvalue weighted by Gasteiger charge is 2.21. The van der Waals surface area contributed by atoms with Gasteiger partial charge in [0, 0.05) is 5.56 Å². The molecule has 0 aliphatic rings. The number of hydrogen-bond donors (Lipinski definition) is 2. The third-order valence-electron chi connectivity index (χ3n) is 2.78. The molecule has 0 saturated heterocycles. The van der Waals surface area contributed by atoms with E-state index in [1.807, 2.05) is 0 Å². The topological polar surface area (TPSA) is 84.5 Å². The Labute approximate surface area is 123 Å². The molecule has 0 aliphatic heterocycles. The molecule has 6 heteroatoms. The van der Waals surface area contributed by atoms with Crippen molar-refractivity contribution in [1.82, 2.24) is 10.6 Å². The lowest BCUT2D eigenvalue weighted by Gasteiger charge is -2.17. The standard InChI is InChI=1S/C15H20N2O4/c1-4-21-15(20)11(3)17-13(18)10(2)16-14(19)12-8-6-5-7-9-12/h5-11H,4H2,1-3H3,(H,16,19)(H,17,18). The van der Waals surface area contributed by atoms with Crippen molar-refractivity contribution in [3.8, 4) is 0 Å². The van der Waals surface area contributed by atoms with Crippen molar-refractivity contribution in [3.05, 3.63) is 35.9 Å². The van der Waals surface area contributed by atoms with E-state index in [9.17, 15) is 14.4 Å². The first-order valence-electron chi connectivity index (χ1n) is 6.78. The third kappa shape index (κ3) is 5.25. The van der Waals surface area contributed by atoms with Crippen LogP contribution >= 0.6 is 0 Å². The van der Waals surface area contributed by atoms with Crippen LogP contribution in [0.15, 0.2) is 30.3 Å². The first kappa shape index (κ1) is 16.7. The van der Waals surface area contributed by atoms with Crippen LogP contribution in [0.25, 0.3) is 0 Å². The SMILES string of the molecule is CCOC(=O)C(C)NC(=O)C(C)NC(=O)c1ccccc1. The third-order valence-corrected chi connectivity index (χ3v) is 2.78. The predicted molar refractivity (Wildman–Crippen MR) is 77.6 cm³/mol. The molecule has 1 aromatic carbocycles. The first-order valence-corrected chi connectivity index (χ1v) is 6.78. The van der Waals surface area contributed by atoms with E-state index in [4.69, 9.17) is 4.74 Å². The van der Waals surface area contributed by atoms with Gasteiger partial charge in [0.15, 0.2) is 0 Å². The van der Waals surface area contributed by atoms with Crippen LogP contribution < -0.4 is 10.6 Å². The molecule has 2 unspecified atom stereocenters. The van der Waals surface area contributed by atoms with Gasteiger partial charge in [-0.2, -0.15) is 0 Å². The maximum atomic E-state index is 11.9. The van der Waals surface area contributed by atoms with E-state index in [1.54, 1.807) is 44.2 Å². The minimum absolute atomic E-state index is 0.249. The van der Waals surface area contributed by atoms with Crippen molar-refractivity contribution < 1.29 is 19.1 Å². The summed E-state index contributed by atoms with van der Waals surface area (Å²) < 4.78 is 4.79. The average Bonchev–Trinajstić information content (AvgIpc) is 2.48. The molecular formula is C15H20N2O4. The number of ether oxygens (including phenoxy) is 1. The minimum atomic E-state index is -0.756. The quantitative estimate of drug-likeness (QED) is 0.762. The summed E-state index contributed by atoms with van der Waals surface area (Å²) in [6.45, 7) is 5.02. The predicted octanol–water partition coefficient (Wildman–Crippen LogP) is 0.873. The minimum Gasteiger partial charge on any atom is -0.464 e. The summed E-state index contributed by atoms with van der Waals surface area (Å²) in [6, 6.07) is 7.07. The lowest BCUT2D eigenvalue weighted by atomic mass is 10.2. The van der Waals surface area contributed by atoms with Gasteiger partial charge < -0.3 is 15.4 Å². The summed E-state index contributed by atoms with van der Waals surface area (Å²) in [5, 5.41) is 5.06. The zero-order chi connectivity index (χ0) is 15.8. The van der Waals surface area contributed by atoms with Crippen LogP contribution in [-0.4, -0.2) is 36.5 Å². The van der Waals surface area contributed by atoms with Crippen molar-refractivity contribution in [2.45, 2.75) is 32.9 Å². The van der Waals surface area contributed by atoms with E-state index in [-0.39, 0.29) is 12.5 Å². The summed E-state index contributed by atoms with van der Waals surface area (Å²) in [4.78, 5) is 35.2. The van der Waals surface area contributed by atoms with Gasteiger partial charge >= 0.3 is 5.97 Å². The van der Waals surface area contributed by atoms with E-state index in [2.05, 4.69) is 10.6 Å². The number of carbonyl (C=O) groups excluding carboxylic acids is 3. The molecule has 0 saturated carbocycles. The molecule has 1 rings (SSSR count). The molecule has 0 aliphatic carbocycles. The molecule has 114 valence electrons. The van der Waals surface area contributed by atoms with Crippen LogP contribution in [0, 0.1) is 0 Å². The van der Waals surface area contributed by atoms with E-state index >= 15 is 0 Å². The monoisotopic (exact) mass is 292 g/mol. The fraction of sp³-hybridized carbons (Fsp3) is 0.400. The van der Waals surface area contributed by atoms with E-state index in [1.165, 1.54) is 6.92 Å². The second-order valence-corrected chi connectivity index (χ2v) is 4.54. The van der Waals surface area contributed by atoms with Crippen LogP contribution in [0.1, 0.15) is 31.1 Å². The summed E-state index contributed by atoms with van der Waals surface area (Å²) in [5.41, 5.74) is 0.468. The highest BCUT2D eigenvalue weighted by atomic mass is 16.5. The number of amides is 2. The molecule has 0 bridgehead atoms. The molecule has 0 fully saturated rings. The van der Waals surface area contributed by atoms with Crippen LogP contribution in [0.3, 0.4) is 0 Å². The van der Waals surface area contributed by atoms with Crippen molar-refractivity contribution in [2.75, 3.05) is 6.61 Å². The van der Waals surface area contributed by atoms with E-state index in [0.29, 0.717) is 5.56 Å². The normalized spacial score (nSPS) is 12.9. The molecule has 0 radical (unpaired) electrons. The molecule has 2 amide bonds. The molecule has 0 spiro atoms.